The number of aromatic nitrogens is 1. The summed E-state index contributed by atoms with van der Waals surface area (Å²) < 4.78 is 8.18. The van der Waals surface area contributed by atoms with Gasteiger partial charge in [-0.3, -0.25) is 9.69 Å². The van der Waals surface area contributed by atoms with Crippen molar-refractivity contribution in [2.24, 2.45) is 0 Å². The fourth-order valence-electron chi connectivity index (χ4n) is 5.82. The second kappa shape index (κ2) is 6.08. The van der Waals surface area contributed by atoms with Gasteiger partial charge in [0.2, 0.25) is 0 Å². The number of aryl methyl sites for hydroxylation is 1. The number of ether oxygens (including phenoxy) is 1. The molecular formula is C22H27N3O2. The minimum absolute atomic E-state index is 0.130. The minimum Gasteiger partial charge on any atom is -0.378 e. The van der Waals surface area contributed by atoms with E-state index in [1.54, 1.807) is 0 Å². The number of morpholine rings is 1. The minimum atomic E-state index is 0.130. The lowest BCUT2D eigenvalue weighted by Gasteiger charge is -2.48. The molecule has 2 atom stereocenters. The van der Waals surface area contributed by atoms with Crippen LogP contribution in [-0.4, -0.2) is 52.8 Å². The highest BCUT2D eigenvalue weighted by atomic mass is 16.5. The van der Waals surface area contributed by atoms with E-state index >= 15 is 0 Å². The number of amides is 1. The topological polar surface area (TPSA) is 46.5 Å². The highest BCUT2D eigenvalue weighted by Gasteiger charge is 2.46. The lowest BCUT2D eigenvalue weighted by Crippen LogP contribution is -2.61. The van der Waals surface area contributed by atoms with Gasteiger partial charge in [-0.05, 0) is 44.6 Å². The Balaban J connectivity index is 1.27. The molecule has 0 spiro atoms. The van der Waals surface area contributed by atoms with Gasteiger partial charge in [0, 0.05) is 47.3 Å². The Kier molecular flexibility index (Phi) is 3.63. The number of benzene rings is 1. The monoisotopic (exact) mass is 365 g/mol. The molecule has 1 N–H and O–H groups in total. The van der Waals surface area contributed by atoms with Gasteiger partial charge in [-0.25, -0.2) is 0 Å². The molecule has 1 amide bonds. The van der Waals surface area contributed by atoms with Crippen molar-refractivity contribution in [3.05, 3.63) is 35.5 Å². The molecule has 2 aromatic rings. The van der Waals surface area contributed by atoms with Crippen LogP contribution in [0.1, 0.15) is 48.2 Å². The van der Waals surface area contributed by atoms with Gasteiger partial charge in [-0.2, -0.15) is 0 Å². The van der Waals surface area contributed by atoms with E-state index in [0.717, 1.165) is 62.4 Å². The van der Waals surface area contributed by atoms with Crippen molar-refractivity contribution in [3.8, 4) is 0 Å². The summed E-state index contributed by atoms with van der Waals surface area (Å²) in [6.07, 6.45) is 6.87. The third-order valence-electron chi connectivity index (χ3n) is 6.98. The average molecular weight is 365 g/mol. The summed E-state index contributed by atoms with van der Waals surface area (Å²) in [6, 6.07) is 10.4. The molecule has 5 heteroatoms. The normalized spacial score (nSPS) is 30.4. The zero-order chi connectivity index (χ0) is 18.0. The van der Waals surface area contributed by atoms with Crippen LogP contribution in [0.3, 0.4) is 0 Å². The lowest BCUT2D eigenvalue weighted by molar-refractivity contribution is -0.0842. The first-order chi connectivity index (χ1) is 13.3. The van der Waals surface area contributed by atoms with E-state index in [1.165, 1.54) is 24.1 Å². The van der Waals surface area contributed by atoms with E-state index in [0.29, 0.717) is 12.1 Å². The van der Waals surface area contributed by atoms with Gasteiger partial charge in [-0.15, -0.1) is 0 Å². The van der Waals surface area contributed by atoms with Crippen LogP contribution < -0.4 is 5.32 Å². The molecule has 2 unspecified atom stereocenters. The molecule has 142 valence electrons. The summed E-state index contributed by atoms with van der Waals surface area (Å²) in [4.78, 5) is 16.0. The predicted octanol–water partition coefficient (Wildman–Crippen LogP) is 2.71. The number of hydrogen-bond acceptors (Lipinski definition) is 3. The van der Waals surface area contributed by atoms with Gasteiger partial charge < -0.3 is 14.6 Å². The van der Waals surface area contributed by atoms with E-state index in [1.807, 2.05) is 6.07 Å². The molecular weight excluding hydrogens is 338 g/mol. The van der Waals surface area contributed by atoms with Gasteiger partial charge in [0.15, 0.2) is 0 Å². The molecule has 0 radical (unpaired) electrons. The highest BCUT2D eigenvalue weighted by molar-refractivity contribution is 6.08. The van der Waals surface area contributed by atoms with Crippen molar-refractivity contribution < 1.29 is 9.53 Å². The Bertz CT molecular complexity index is 886. The van der Waals surface area contributed by atoms with E-state index < -0.39 is 0 Å². The average Bonchev–Trinajstić information content (AvgIpc) is 3.30. The van der Waals surface area contributed by atoms with Crippen LogP contribution >= 0.6 is 0 Å². The molecule has 27 heavy (non-hydrogen) atoms. The first-order valence-electron chi connectivity index (χ1n) is 10.6. The molecule has 3 aliphatic heterocycles. The van der Waals surface area contributed by atoms with Crippen LogP contribution in [0.5, 0.6) is 0 Å². The predicted molar refractivity (Wildman–Crippen MR) is 104 cm³/mol. The maximum atomic E-state index is 13.3. The Morgan fingerprint density at radius 3 is 2.63 bits per heavy atom. The number of fused-ring (bicyclic) bond motifs is 5. The molecule has 1 aliphatic carbocycles. The molecule has 2 saturated heterocycles. The maximum Gasteiger partial charge on any atom is 0.253 e. The van der Waals surface area contributed by atoms with Crippen molar-refractivity contribution in [1.29, 1.82) is 0 Å². The number of carbonyl (C=O) groups is 1. The SMILES string of the molecule is O=C(NC1CC2COCC(C1)N2C1CC1)c1c2n(c3ccccc13)CCC2. The smallest absolute Gasteiger partial charge is 0.253 e. The Labute approximate surface area is 159 Å². The van der Waals surface area contributed by atoms with Gasteiger partial charge in [0.05, 0.1) is 18.8 Å². The van der Waals surface area contributed by atoms with Crippen molar-refractivity contribution in [2.45, 2.75) is 69.2 Å². The highest BCUT2D eigenvalue weighted by Crippen LogP contribution is 2.38. The molecule has 1 aromatic carbocycles. The first-order valence-corrected chi connectivity index (χ1v) is 10.6. The Morgan fingerprint density at radius 1 is 1.07 bits per heavy atom. The lowest BCUT2D eigenvalue weighted by atomic mass is 9.89. The number of piperidine rings is 1. The fraction of sp³-hybridized carbons (Fsp3) is 0.591. The van der Waals surface area contributed by atoms with Crippen LogP contribution in [0, 0.1) is 0 Å². The summed E-state index contributed by atoms with van der Waals surface area (Å²) in [5.74, 6) is 0.130. The van der Waals surface area contributed by atoms with E-state index in [4.69, 9.17) is 4.74 Å². The number of rotatable bonds is 3. The molecule has 3 fully saturated rings. The van der Waals surface area contributed by atoms with Crippen LogP contribution in [0.15, 0.2) is 24.3 Å². The zero-order valence-electron chi connectivity index (χ0n) is 15.7. The summed E-state index contributed by atoms with van der Waals surface area (Å²) in [7, 11) is 0. The largest absolute Gasteiger partial charge is 0.378 e. The van der Waals surface area contributed by atoms with E-state index in [9.17, 15) is 4.79 Å². The number of para-hydroxylation sites is 1. The number of carbonyl (C=O) groups excluding carboxylic acids is 1. The van der Waals surface area contributed by atoms with Crippen molar-refractivity contribution >= 4 is 16.8 Å². The first kappa shape index (κ1) is 16.1. The standard InChI is InChI=1S/C22H27N3O2/c26-22(21-18-4-1-2-5-19(18)24-9-3-6-20(21)24)23-14-10-16-12-27-13-17(11-14)25(16)15-7-8-15/h1-2,4-5,14-17H,3,6-13H2,(H,23,26). The third kappa shape index (κ3) is 2.55. The van der Waals surface area contributed by atoms with Gasteiger partial charge in [-0.1, -0.05) is 18.2 Å². The van der Waals surface area contributed by atoms with Gasteiger partial charge in [0.25, 0.3) is 5.91 Å². The second-order valence-electron chi connectivity index (χ2n) is 8.76. The molecule has 5 nitrogen and oxygen atoms in total. The van der Waals surface area contributed by atoms with Crippen LogP contribution in [-0.2, 0) is 17.7 Å². The van der Waals surface area contributed by atoms with E-state index in [2.05, 4.69) is 33.0 Å². The number of hydrogen-bond donors (Lipinski definition) is 1. The van der Waals surface area contributed by atoms with Gasteiger partial charge in [0.1, 0.15) is 0 Å². The molecule has 6 rings (SSSR count). The Morgan fingerprint density at radius 2 is 1.85 bits per heavy atom. The number of nitrogens with one attached hydrogen (secondary N) is 1. The van der Waals surface area contributed by atoms with Crippen LogP contribution in [0.4, 0.5) is 0 Å². The van der Waals surface area contributed by atoms with Crippen LogP contribution in [0.2, 0.25) is 0 Å². The van der Waals surface area contributed by atoms with E-state index in [-0.39, 0.29) is 11.9 Å². The molecule has 4 heterocycles. The summed E-state index contributed by atoms with van der Waals surface area (Å²) >= 11 is 0. The molecule has 1 saturated carbocycles. The van der Waals surface area contributed by atoms with Gasteiger partial charge >= 0.3 is 0 Å². The third-order valence-corrected chi connectivity index (χ3v) is 6.98. The van der Waals surface area contributed by atoms with Crippen molar-refractivity contribution in [3.63, 3.8) is 0 Å². The van der Waals surface area contributed by atoms with Crippen molar-refractivity contribution in [2.75, 3.05) is 13.2 Å². The molecule has 4 aliphatic rings. The second-order valence-corrected chi connectivity index (χ2v) is 8.76. The zero-order valence-corrected chi connectivity index (χ0v) is 15.7. The fourth-order valence-corrected chi connectivity index (χ4v) is 5.82. The summed E-state index contributed by atoms with van der Waals surface area (Å²) in [6.45, 7) is 2.68. The van der Waals surface area contributed by atoms with Crippen molar-refractivity contribution in [1.82, 2.24) is 14.8 Å². The number of nitrogens with zero attached hydrogens (tertiary/aromatic N) is 2. The molecule has 2 bridgehead atoms. The van der Waals surface area contributed by atoms with Crippen LogP contribution in [0.25, 0.3) is 10.9 Å². The maximum absolute atomic E-state index is 13.3. The quantitative estimate of drug-likeness (QED) is 0.910. The summed E-state index contributed by atoms with van der Waals surface area (Å²) in [5.41, 5.74) is 3.37. The Hall–Kier alpha value is -1.85. The molecule has 1 aromatic heterocycles. The summed E-state index contributed by atoms with van der Waals surface area (Å²) in [5, 5.41) is 4.53.